The van der Waals surface area contributed by atoms with Crippen LogP contribution in [0.4, 0.5) is 39.5 Å². The van der Waals surface area contributed by atoms with Gasteiger partial charge in [0.1, 0.15) is 10.0 Å². The smallest absolute Gasteiger partial charge is 0.460 e. The van der Waals surface area contributed by atoms with E-state index in [0.717, 1.165) is 0 Å². The second-order valence-electron chi connectivity index (χ2n) is 5.86. The van der Waals surface area contributed by atoms with Crippen LogP contribution in [0.25, 0.3) is 4.72 Å². The van der Waals surface area contributed by atoms with Gasteiger partial charge in [-0.3, -0.25) is 0 Å². The normalized spacial score (nSPS) is 15.7. The van der Waals surface area contributed by atoms with Gasteiger partial charge in [-0.15, -0.1) is 6.54 Å². The van der Waals surface area contributed by atoms with Gasteiger partial charge < -0.3 is 9.21 Å². The Balaban J connectivity index is 5.40. The molecule has 0 N–H and O–H groups in total. The molecular weight excluding hydrogens is 383 g/mol. The molecule has 0 aliphatic rings. The fourth-order valence-electron chi connectivity index (χ4n) is 1.33. The number of alkyl halides is 9. The third-order valence-electron chi connectivity index (χ3n) is 2.69. The van der Waals surface area contributed by atoms with Crippen molar-refractivity contribution >= 4 is 10.0 Å². The van der Waals surface area contributed by atoms with E-state index in [1.165, 1.54) is 0 Å². The first-order valence-electron chi connectivity index (χ1n) is 6.14. The highest BCUT2D eigenvalue weighted by Crippen LogP contribution is 2.55. The van der Waals surface area contributed by atoms with E-state index < -0.39 is 39.8 Å². The van der Waals surface area contributed by atoms with Crippen molar-refractivity contribution in [2.24, 2.45) is 0 Å². The lowest BCUT2D eigenvalue weighted by Gasteiger charge is -2.36. The lowest BCUT2D eigenvalue weighted by molar-refractivity contribution is -0.870. The van der Waals surface area contributed by atoms with Crippen LogP contribution in [0.15, 0.2) is 0 Å². The molecule has 0 radical (unpaired) electrons. The fourth-order valence-corrected chi connectivity index (χ4v) is 2.32. The number of sulfonamides is 1. The van der Waals surface area contributed by atoms with Crippen molar-refractivity contribution in [2.75, 3.05) is 34.2 Å². The molecular formula is C10H15F9N2O2S. The Labute approximate surface area is 132 Å². The summed E-state index contributed by atoms with van der Waals surface area (Å²) in [6.45, 7) is -0.819. The predicted molar refractivity (Wildman–Crippen MR) is 65.6 cm³/mol. The maximum Gasteiger partial charge on any atom is 0.460 e. The molecule has 0 amide bonds. The van der Waals surface area contributed by atoms with Gasteiger partial charge in [-0.25, -0.2) is 8.42 Å². The third-order valence-corrected chi connectivity index (χ3v) is 4.11. The highest BCUT2D eigenvalue weighted by Gasteiger charge is 2.83. The molecule has 0 saturated heterocycles. The molecule has 4 nitrogen and oxygen atoms in total. The van der Waals surface area contributed by atoms with Crippen molar-refractivity contribution in [3.05, 3.63) is 4.72 Å². The summed E-state index contributed by atoms with van der Waals surface area (Å²) in [4.78, 5) is 0. The van der Waals surface area contributed by atoms with Crippen LogP contribution < -0.4 is 0 Å². The molecule has 0 unspecified atom stereocenters. The fraction of sp³-hybridized carbons (Fsp3) is 1.00. The topological polar surface area (TPSA) is 48.2 Å². The first-order valence-corrected chi connectivity index (χ1v) is 7.59. The Hall–Kier alpha value is -0.760. The maximum atomic E-state index is 13.3. The van der Waals surface area contributed by atoms with E-state index in [1.807, 2.05) is 0 Å². The Bertz CT molecular complexity index is 538. The first kappa shape index (κ1) is 23.2. The van der Waals surface area contributed by atoms with Gasteiger partial charge in [-0.1, -0.05) is 0 Å². The summed E-state index contributed by atoms with van der Waals surface area (Å²) < 4.78 is 138. The average molecular weight is 398 g/mol. The summed E-state index contributed by atoms with van der Waals surface area (Å²) in [7, 11) is -1.79. The Morgan fingerprint density at radius 3 is 1.58 bits per heavy atom. The number of nitrogens with zero attached hydrogens (tertiary/aromatic N) is 2. The van der Waals surface area contributed by atoms with Crippen molar-refractivity contribution in [2.45, 2.75) is 29.7 Å². The van der Waals surface area contributed by atoms with Crippen molar-refractivity contribution in [3.63, 3.8) is 0 Å². The van der Waals surface area contributed by atoms with Crippen LogP contribution in [-0.4, -0.2) is 70.4 Å². The summed E-state index contributed by atoms with van der Waals surface area (Å²) in [5.41, 5.74) is 0. The summed E-state index contributed by atoms with van der Waals surface area (Å²) >= 11 is 0. The van der Waals surface area contributed by atoms with E-state index >= 15 is 0 Å². The molecule has 24 heavy (non-hydrogen) atoms. The molecule has 0 atom stereocenters. The maximum absolute atomic E-state index is 13.3. The highest BCUT2D eigenvalue weighted by molar-refractivity contribution is 7.95. The van der Waals surface area contributed by atoms with E-state index in [2.05, 4.69) is 4.72 Å². The van der Waals surface area contributed by atoms with E-state index in [-0.39, 0.29) is 17.4 Å². The molecule has 0 heterocycles. The van der Waals surface area contributed by atoms with Gasteiger partial charge >= 0.3 is 23.3 Å². The lowest BCUT2D eigenvalue weighted by atomic mass is 10.1. The number of halogens is 9. The average Bonchev–Trinajstić information content (AvgIpc) is 2.31. The SMILES string of the molecule is C[N+](C)(C)CCC[N-]S(=O)(=O)C(F)(F)C(F)(F)C(F)(F)C(F)(F)F. The second-order valence-corrected chi connectivity index (χ2v) is 7.58. The zero-order valence-corrected chi connectivity index (χ0v) is 13.5. The molecule has 146 valence electrons. The van der Waals surface area contributed by atoms with Crippen LogP contribution in [0, 0.1) is 0 Å². The van der Waals surface area contributed by atoms with Crippen LogP contribution in [0.1, 0.15) is 6.42 Å². The Kier molecular flexibility index (Phi) is 6.31. The van der Waals surface area contributed by atoms with E-state index in [9.17, 15) is 47.9 Å². The van der Waals surface area contributed by atoms with Gasteiger partial charge in [-0.2, -0.15) is 39.5 Å². The Morgan fingerprint density at radius 1 is 0.833 bits per heavy atom. The van der Waals surface area contributed by atoms with E-state index in [4.69, 9.17) is 0 Å². The number of hydrogen-bond donors (Lipinski definition) is 0. The van der Waals surface area contributed by atoms with Gasteiger partial charge in [-0.05, 0) is 6.42 Å². The summed E-state index contributed by atoms with van der Waals surface area (Å²) in [6.07, 6.45) is -7.29. The van der Waals surface area contributed by atoms with E-state index in [1.54, 1.807) is 21.1 Å². The molecule has 0 rings (SSSR count). The minimum atomic E-state index is -7.27. The first-order chi connectivity index (χ1) is 10.2. The quantitative estimate of drug-likeness (QED) is 0.358. The van der Waals surface area contributed by atoms with Crippen LogP contribution in [-0.2, 0) is 10.0 Å². The molecule has 0 fully saturated rings. The van der Waals surface area contributed by atoms with Crippen LogP contribution >= 0.6 is 0 Å². The lowest BCUT2D eigenvalue weighted by Crippen LogP contribution is -2.63. The zero-order valence-electron chi connectivity index (χ0n) is 12.6. The molecule has 0 aromatic rings. The Morgan fingerprint density at radius 2 is 1.25 bits per heavy atom. The predicted octanol–water partition coefficient (Wildman–Crippen LogP) is 3.21. The monoisotopic (exact) mass is 398 g/mol. The highest BCUT2D eigenvalue weighted by atomic mass is 32.2. The summed E-state index contributed by atoms with van der Waals surface area (Å²) in [6, 6.07) is 0. The van der Waals surface area contributed by atoms with Gasteiger partial charge in [0, 0.05) is 0 Å². The van der Waals surface area contributed by atoms with E-state index in [0.29, 0.717) is 0 Å². The molecule has 0 aromatic heterocycles. The molecule has 0 bridgehead atoms. The number of quaternary nitrogens is 1. The standard InChI is InChI=1S/C10H15F9N2O2S/c1-21(2,3)6-4-5-20-24(22,23)10(18,19)8(13,14)7(11,12)9(15,16)17/h4-6H2,1-3H3. The van der Waals surface area contributed by atoms with Crippen molar-refractivity contribution in [3.8, 4) is 0 Å². The van der Waals surface area contributed by atoms with Crippen molar-refractivity contribution < 1.29 is 52.4 Å². The van der Waals surface area contributed by atoms with Crippen molar-refractivity contribution in [1.29, 1.82) is 0 Å². The van der Waals surface area contributed by atoms with Crippen molar-refractivity contribution in [1.82, 2.24) is 0 Å². The van der Waals surface area contributed by atoms with Crippen LogP contribution in [0.2, 0.25) is 0 Å². The molecule has 0 spiro atoms. The largest absolute Gasteiger partial charge is 0.543 e. The van der Waals surface area contributed by atoms with Crippen LogP contribution in [0.3, 0.4) is 0 Å². The molecule has 14 heteroatoms. The minimum Gasteiger partial charge on any atom is -0.543 e. The number of rotatable bonds is 8. The van der Waals surface area contributed by atoms with Gasteiger partial charge in [0.15, 0.2) is 0 Å². The summed E-state index contributed by atoms with van der Waals surface area (Å²) in [5.74, 6) is -14.5. The summed E-state index contributed by atoms with van der Waals surface area (Å²) in [5, 5.41) is -6.74. The third kappa shape index (κ3) is 4.45. The molecule has 0 aromatic carbocycles. The van der Waals surface area contributed by atoms with Gasteiger partial charge in [0.25, 0.3) is 0 Å². The minimum absolute atomic E-state index is 0.152. The van der Waals surface area contributed by atoms with Gasteiger partial charge in [0.2, 0.25) is 0 Å². The molecule has 0 aliphatic carbocycles. The second kappa shape index (κ2) is 6.52. The molecule has 0 saturated carbocycles. The van der Waals surface area contributed by atoms with Gasteiger partial charge in [0.05, 0.1) is 27.7 Å². The van der Waals surface area contributed by atoms with Crippen LogP contribution in [0.5, 0.6) is 0 Å². The molecule has 0 aliphatic heterocycles. The number of hydrogen-bond acceptors (Lipinski definition) is 2. The zero-order chi connectivity index (χ0) is 19.8.